The number of carbonyl (C=O) groups is 1. The average Bonchev–Trinajstić information content (AvgIpc) is 3.17. The van der Waals surface area contributed by atoms with E-state index in [1.165, 1.54) is 0 Å². The zero-order valence-electron chi connectivity index (χ0n) is 15.8. The Labute approximate surface area is 155 Å². The first-order valence-corrected chi connectivity index (χ1v) is 9.54. The van der Waals surface area contributed by atoms with E-state index in [1.54, 1.807) is 14.2 Å². The first kappa shape index (κ1) is 18.8. The van der Waals surface area contributed by atoms with Gasteiger partial charge >= 0.3 is 0 Å². The quantitative estimate of drug-likeness (QED) is 0.841. The molecule has 1 aromatic rings. The van der Waals surface area contributed by atoms with Crippen LogP contribution in [0.2, 0.25) is 0 Å². The van der Waals surface area contributed by atoms with Crippen LogP contribution in [0.5, 0.6) is 17.2 Å². The van der Waals surface area contributed by atoms with E-state index in [-0.39, 0.29) is 17.9 Å². The van der Waals surface area contributed by atoms with Crippen LogP contribution >= 0.6 is 0 Å². The molecule has 1 saturated carbocycles. The summed E-state index contributed by atoms with van der Waals surface area (Å²) in [7, 11) is 3.25. The maximum atomic E-state index is 12.8. The average molecular weight is 362 g/mol. The minimum atomic E-state index is 0.0538. The van der Waals surface area contributed by atoms with Gasteiger partial charge in [0.15, 0.2) is 11.5 Å². The van der Waals surface area contributed by atoms with Crippen LogP contribution in [0.4, 0.5) is 0 Å². The Kier molecular flexibility index (Phi) is 6.25. The van der Waals surface area contributed by atoms with Crippen molar-refractivity contribution in [1.82, 2.24) is 4.90 Å². The summed E-state index contributed by atoms with van der Waals surface area (Å²) in [6.45, 7) is 2.08. The summed E-state index contributed by atoms with van der Waals surface area (Å²) < 4.78 is 17.0. The second kappa shape index (κ2) is 8.62. The predicted octanol–water partition coefficient (Wildman–Crippen LogP) is 2.45. The normalized spacial score (nSPS) is 23.7. The van der Waals surface area contributed by atoms with E-state index in [1.807, 2.05) is 23.1 Å². The van der Waals surface area contributed by atoms with Gasteiger partial charge in [0, 0.05) is 31.8 Å². The molecule has 1 aliphatic heterocycles. The Morgan fingerprint density at radius 3 is 2.35 bits per heavy atom. The molecule has 2 aliphatic rings. The number of rotatable bonds is 6. The van der Waals surface area contributed by atoms with Crippen molar-refractivity contribution in [2.75, 3.05) is 33.9 Å². The van der Waals surface area contributed by atoms with Gasteiger partial charge in [-0.05, 0) is 37.4 Å². The van der Waals surface area contributed by atoms with Crippen molar-refractivity contribution in [1.29, 1.82) is 0 Å². The van der Waals surface area contributed by atoms with Gasteiger partial charge in [-0.3, -0.25) is 4.79 Å². The molecule has 0 spiro atoms. The molecule has 1 heterocycles. The van der Waals surface area contributed by atoms with Crippen LogP contribution in [0.3, 0.4) is 0 Å². The summed E-state index contributed by atoms with van der Waals surface area (Å²) in [6, 6.07) is 5.61. The van der Waals surface area contributed by atoms with Gasteiger partial charge < -0.3 is 24.8 Å². The lowest BCUT2D eigenvalue weighted by Gasteiger charge is -2.35. The van der Waals surface area contributed by atoms with E-state index in [9.17, 15) is 4.79 Å². The number of ether oxygens (including phenoxy) is 3. The van der Waals surface area contributed by atoms with Crippen molar-refractivity contribution in [3.63, 3.8) is 0 Å². The van der Waals surface area contributed by atoms with Crippen molar-refractivity contribution < 1.29 is 19.0 Å². The summed E-state index contributed by atoms with van der Waals surface area (Å²) in [4.78, 5) is 14.8. The summed E-state index contributed by atoms with van der Waals surface area (Å²) in [5.74, 6) is 2.73. The van der Waals surface area contributed by atoms with Crippen LogP contribution in [-0.4, -0.2) is 50.8 Å². The highest BCUT2D eigenvalue weighted by molar-refractivity contribution is 5.79. The van der Waals surface area contributed by atoms with Crippen molar-refractivity contribution in [3.8, 4) is 17.2 Å². The number of carbonyl (C=O) groups excluding carboxylic acids is 1. The minimum Gasteiger partial charge on any atom is -0.493 e. The third-order valence-corrected chi connectivity index (χ3v) is 5.70. The van der Waals surface area contributed by atoms with E-state index in [4.69, 9.17) is 19.9 Å². The molecule has 144 valence electrons. The van der Waals surface area contributed by atoms with Crippen LogP contribution in [0, 0.1) is 11.8 Å². The van der Waals surface area contributed by atoms with Gasteiger partial charge in [-0.15, -0.1) is 0 Å². The second-order valence-corrected chi connectivity index (χ2v) is 7.17. The zero-order chi connectivity index (χ0) is 18.5. The molecule has 6 nitrogen and oxygen atoms in total. The molecule has 1 amide bonds. The van der Waals surface area contributed by atoms with E-state index in [0.29, 0.717) is 29.7 Å². The molecule has 0 aromatic heterocycles. The third kappa shape index (κ3) is 3.90. The Morgan fingerprint density at radius 1 is 1.12 bits per heavy atom. The maximum absolute atomic E-state index is 12.8. The number of methoxy groups -OCH3 is 2. The van der Waals surface area contributed by atoms with Gasteiger partial charge in [-0.1, -0.05) is 12.5 Å². The van der Waals surface area contributed by atoms with Gasteiger partial charge in [0.25, 0.3) is 0 Å². The van der Waals surface area contributed by atoms with E-state index >= 15 is 0 Å². The van der Waals surface area contributed by atoms with E-state index < -0.39 is 0 Å². The number of hydrogen-bond donors (Lipinski definition) is 1. The zero-order valence-corrected chi connectivity index (χ0v) is 15.8. The van der Waals surface area contributed by atoms with Gasteiger partial charge in [-0.2, -0.15) is 0 Å². The van der Waals surface area contributed by atoms with Gasteiger partial charge in [-0.25, -0.2) is 0 Å². The molecule has 1 saturated heterocycles. The van der Waals surface area contributed by atoms with Gasteiger partial charge in [0.2, 0.25) is 11.7 Å². The van der Waals surface area contributed by atoms with Crippen LogP contribution < -0.4 is 19.9 Å². The van der Waals surface area contributed by atoms with Gasteiger partial charge in [0.1, 0.15) is 6.10 Å². The van der Waals surface area contributed by atoms with Crippen LogP contribution in [0.15, 0.2) is 18.2 Å². The first-order valence-electron chi connectivity index (χ1n) is 9.54. The number of nitrogens with zero attached hydrogens (tertiary/aromatic N) is 1. The molecular weight excluding hydrogens is 332 g/mol. The lowest BCUT2D eigenvalue weighted by Crippen LogP contribution is -2.45. The monoisotopic (exact) mass is 362 g/mol. The summed E-state index contributed by atoms with van der Waals surface area (Å²) >= 11 is 0. The van der Waals surface area contributed by atoms with E-state index in [0.717, 1.165) is 45.2 Å². The SMILES string of the molecule is COc1cccc(OC)c1OC1CCN(C(=O)[C@@H]2CCC[C@@H]2CN)CC1. The molecule has 3 rings (SSSR count). The molecule has 0 radical (unpaired) electrons. The molecule has 6 heteroatoms. The van der Waals surface area contributed by atoms with Crippen LogP contribution in [0.25, 0.3) is 0 Å². The number of para-hydroxylation sites is 1. The highest BCUT2D eigenvalue weighted by Gasteiger charge is 2.36. The Bertz CT molecular complexity index is 592. The van der Waals surface area contributed by atoms with Crippen molar-refractivity contribution >= 4 is 5.91 Å². The van der Waals surface area contributed by atoms with Crippen LogP contribution in [0.1, 0.15) is 32.1 Å². The lowest BCUT2D eigenvalue weighted by atomic mass is 9.93. The van der Waals surface area contributed by atoms with Gasteiger partial charge in [0.05, 0.1) is 14.2 Å². The second-order valence-electron chi connectivity index (χ2n) is 7.17. The lowest BCUT2D eigenvalue weighted by molar-refractivity contribution is -0.138. The maximum Gasteiger partial charge on any atom is 0.226 e. The van der Waals surface area contributed by atoms with Crippen molar-refractivity contribution in [2.45, 2.75) is 38.2 Å². The number of likely N-dealkylation sites (tertiary alicyclic amines) is 1. The summed E-state index contributed by atoms with van der Waals surface area (Å²) in [6.07, 6.45) is 4.86. The predicted molar refractivity (Wildman–Crippen MR) is 99.7 cm³/mol. The fourth-order valence-electron chi connectivity index (χ4n) is 4.17. The molecule has 0 bridgehead atoms. The number of hydrogen-bond acceptors (Lipinski definition) is 5. The largest absolute Gasteiger partial charge is 0.493 e. The van der Waals surface area contributed by atoms with Crippen LogP contribution in [-0.2, 0) is 4.79 Å². The first-order chi connectivity index (χ1) is 12.7. The smallest absolute Gasteiger partial charge is 0.226 e. The number of piperidine rings is 1. The van der Waals surface area contributed by atoms with Crippen molar-refractivity contribution in [3.05, 3.63) is 18.2 Å². The number of nitrogens with two attached hydrogens (primary N) is 1. The summed E-state index contributed by atoms with van der Waals surface area (Å²) in [5.41, 5.74) is 5.84. The Morgan fingerprint density at radius 2 is 1.77 bits per heavy atom. The number of amides is 1. The summed E-state index contributed by atoms with van der Waals surface area (Å²) in [5, 5.41) is 0. The molecule has 2 fully saturated rings. The molecule has 0 unspecified atom stereocenters. The minimum absolute atomic E-state index is 0.0538. The topological polar surface area (TPSA) is 74.0 Å². The highest BCUT2D eigenvalue weighted by atomic mass is 16.5. The fraction of sp³-hybridized carbons (Fsp3) is 0.650. The fourth-order valence-corrected chi connectivity index (χ4v) is 4.17. The highest BCUT2D eigenvalue weighted by Crippen LogP contribution is 2.39. The molecule has 26 heavy (non-hydrogen) atoms. The Hall–Kier alpha value is -1.95. The standard InChI is InChI=1S/C20H30N2O4/c1-24-17-7-4-8-18(25-2)19(17)26-15-9-11-22(12-10-15)20(23)16-6-3-5-14(16)13-21/h4,7-8,14-16H,3,5-6,9-13,21H2,1-2H3/t14-,16-/m1/s1. The third-order valence-electron chi connectivity index (χ3n) is 5.70. The molecule has 2 N–H and O–H groups in total. The number of benzene rings is 1. The van der Waals surface area contributed by atoms with Crippen molar-refractivity contribution in [2.24, 2.45) is 17.6 Å². The molecule has 1 aromatic carbocycles. The molecule has 1 aliphatic carbocycles. The Balaban J connectivity index is 1.58. The van der Waals surface area contributed by atoms with E-state index in [2.05, 4.69) is 0 Å². The molecular formula is C20H30N2O4. The molecule has 2 atom stereocenters.